The normalized spacial score (nSPS) is 14.4. The zero-order chi connectivity index (χ0) is 17.4. The molecule has 0 atom stereocenters. The van der Waals surface area contributed by atoms with Crippen LogP contribution in [0.5, 0.6) is 0 Å². The Morgan fingerprint density at radius 2 is 2.12 bits per heavy atom. The van der Waals surface area contributed by atoms with Gasteiger partial charge in [-0.25, -0.2) is 4.68 Å². The molecule has 1 fully saturated rings. The van der Waals surface area contributed by atoms with E-state index >= 15 is 0 Å². The number of nitrogens with zero attached hydrogens (tertiary/aromatic N) is 4. The standard InChI is InChI=1S/C17H18N6O2/c18-13-6-2-3-11-7-8-23(16(11)13)15(24)10-22-9-14(20-21-22)19-17(25)12-4-1-5-12/h2-3,6-9,12H,1,4-5,10,18H2,(H,19,25). The third-order valence-electron chi connectivity index (χ3n) is 4.57. The number of fused-ring (bicyclic) bond motifs is 1. The number of hydrogen-bond donors (Lipinski definition) is 2. The van der Waals surface area contributed by atoms with Crippen molar-refractivity contribution >= 4 is 34.2 Å². The third-order valence-corrected chi connectivity index (χ3v) is 4.57. The Labute approximate surface area is 143 Å². The van der Waals surface area contributed by atoms with Gasteiger partial charge in [-0.1, -0.05) is 23.8 Å². The van der Waals surface area contributed by atoms with Crippen LogP contribution >= 0.6 is 0 Å². The Morgan fingerprint density at radius 1 is 1.28 bits per heavy atom. The number of nitrogens with one attached hydrogen (secondary N) is 1. The van der Waals surface area contributed by atoms with Gasteiger partial charge in [-0.3, -0.25) is 14.2 Å². The van der Waals surface area contributed by atoms with E-state index < -0.39 is 0 Å². The smallest absolute Gasteiger partial charge is 0.252 e. The van der Waals surface area contributed by atoms with Crippen LogP contribution in [0.3, 0.4) is 0 Å². The number of carbonyl (C=O) groups is 2. The SMILES string of the molecule is Nc1cccc2ccn(C(=O)Cn3cc(NC(=O)C4CCC4)nn3)c12. The molecule has 1 saturated carbocycles. The monoisotopic (exact) mass is 338 g/mol. The first-order chi connectivity index (χ1) is 12.1. The first kappa shape index (κ1) is 15.4. The minimum absolute atomic E-state index is 0.00438. The molecule has 3 aromatic rings. The maximum atomic E-state index is 12.6. The quantitative estimate of drug-likeness (QED) is 0.706. The highest BCUT2D eigenvalue weighted by Gasteiger charge is 2.25. The second-order valence-corrected chi connectivity index (χ2v) is 6.28. The predicted molar refractivity (Wildman–Crippen MR) is 93.0 cm³/mol. The van der Waals surface area contributed by atoms with Crippen LogP contribution in [0.4, 0.5) is 11.5 Å². The highest BCUT2D eigenvalue weighted by atomic mass is 16.2. The summed E-state index contributed by atoms with van der Waals surface area (Å²) in [6, 6.07) is 7.35. The topological polar surface area (TPSA) is 108 Å². The minimum Gasteiger partial charge on any atom is -0.397 e. The van der Waals surface area contributed by atoms with Crippen molar-refractivity contribution in [3.8, 4) is 0 Å². The molecule has 0 saturated heterocycles. The summed E-state index contributed by atoms with van der Waals surface area (Å²) < 4.78 is 2.92. The number of aromatic nitrogens is 4. The summed E-state index contributed by atoms with van der Waals surface area (Å²) in [5.41, 5.74) is 7.21. The van der Waals surface area contributed by atoms with Gasteiger partial charge in [0.15, 0.2) is 5.82 Å². The fourth-order valence-electron chi connectivity index (χ4n) is 2.98. The van der Waals surface area contributed by atoms with Crippen molar-refractivity contribution in [3.05, 3.63) is 36.7 Å². The molecule has 0 spiro atoms. The number of carbonyl (C=O) groups excluding carboxylic acids is 2. The van der Waals surface area contributed by atoms with E-state index in [1.165, 1.54) is 9.25 Å². The number of amides is 1. The van der Waals surface area contributed by atoms with E-state index in [1.807, 2.05) is 18.2 Å². The van der Waals surface area contributed by atoms with Crippen LogP contribution in [0.2, 0.25) is 0 Å². The zero-order valence-electron chi connectivity index (χ0n) is 13.6. The Kier molecular flexibility index (Phi) is 3.72. The lowest BCUT2D eigenvalue weighted by atomic mass is 9.85. The second kappa shape index (κ2) is 6.04. The third kappa shape index (κ3) is 2.86. The average Bonchev–Trinajstić information content (AvgIpc) is 3.13. The largest absolute Gasteiger partial charge is 0.397 e. The molecule has 0 aliphatic heterocycles. The first-order valence-corrected chi connectivity index (χ1v) is 8.21. The molecule has 1 aromatic carbocycles. The van der Waals surface area contributed by atoms with Gasteiger partial charge in [-0.05, 0) is 25.0 Å². The molecular formula is C17H18N6O2. The molecule has 4 rings (SSSR count). The van der Waals surface area contributed by atoms with Crippen molar-refractivity contribution in [1.29, 1.82) is 0 Å². The van der Waals surface area contributed by atoms with Gasteiger partial charge in [0.05, 0.1) is 17.4 Å². The Bertz CT molecular complexity index is 953. The van der Waals surface area contributed by atoms with Crippen molar-refractivity contribution in [2.75, 3.05) is 11.1 Å². The molecule has 3 N–H and O–H groups in total. The van der Waals surface area contributed by atoms with Crippen molar-refractivity contribution in [2.45, 2.75) is 25.8 Å². The molecule has 25 heavy (non-hydrogen) atoms. The van der Waals surface area contributed by atoms with Crippen LogP contribution in [0.1, 0.15) is 24.1 Å². The molecule has 8 heteroatoms. The molecule has 1 aliphatic rings. The second-order valence-electron chi connectivity index (χ2n) is 6.28. The Hall–Kier alpha value is -3.16. The van der Waals surface area contributed by atoms with Gasteiger partial charge < -0.3 is 11.1 Å². The highest BCUT2D eigenvalue weighted by Crippen LogP contribution is 2.27. The lowest BCUT2D eigenvalue weighted by Crippen LogP contribution is -2.28. The number of nitrogen functional groups attached to an aromatic ring is 1. The Morgan fingerprint density at radius 3 is 2.88 bits per heavy atom. The first-order valence-electron chi connectivity index (χ1n) is 8.21. The number of hydrogen-bond acceptors (Lipinski definition) is 5. The lowest BCUT2D eigenvalue weighted by molar-refractivity contribution is -0.122. The fourth-order valence-corrected chi connectivity index (χ4v) is 2.98. The molecule has 0 bridgehead atoms. The molecule has 0 unspecified atom stereocenters. The summed E-state index contributed by atoms with van der Waals surface area (Å²) in [5.74, 6) is 0.214. The summed E-state index contributed by atoms with van der Waals surface area (Å²) >= 11 is 0. The van der Waals surface area contributed by atoms with E-state index in [2.05, 4.69) is 15.6 Å². The van der Waals surface area contributed by atoms with E-state index in [-0.39, 0.29) is 24.3 Å². The van der Waals surface area contributed by atoms with Crippen LogP contribution in [0.25, 0.3) is 10.9 Å². The van der Waals surface area contributed by atoms with Gasteiger partial charge in [0.1, 0.15) is 6.54 Å². The van der Waals surface area contributed by atoms with E-state index in [0.29, 0.717) is 17.0 Å². The highest BCUT2D eigenvalue weighted by molar-refractivity contribution is 5.98. The van der Waals surface area contributed by atoms with Crippen LogP contribution in [0, 0.1) is 5.92 Å². The summed E-state index contributed by atoms with van der Waals surface area (Å²) in [7, 11) is 0. The number of anilines is 2. The fraction of sp³-hybridized carbons (Fsp3) is 0.294. The molecule has 128 valence electrons. The molecule has 1 amide bonds. The molecule has 2 aromatic heterocycles. The Balaban J connectivity index is 1.48. The summed E-state index contributed by atoms with van der Waals surface area (Å²) in [6.07, 6.45) is 6.18. The lowest BCUT2D eigenvalue weighted by Gasteiger charge is -2.23. The number of nitrogens with two attached hydrogens (primary N) is 1. The van der Waals surface area contributed by atoms with E-state index in [4.69, 9.17) is 5.73 Å². The molecule has 1 aliphatic carbocycles. The van der Waals surface area contributed by atoms with Gasteiger partial charge >= 0.3 is 0 Å². The van der Waals surface area contributed by atoms with Crippen LogP contribution < -0.4 is 11.1 Å². The molecule has 8 nitrogen and oxygen atoms in total. The van der Waals surface area contributed by atoms with Gasteiger partial charge in [0.25, 0.3) is 5.91 Å². The van der Waals surface area contributed by atoms with Crippen molar-refractivity contribution in [1.82, 2.24) is 19.6 Å². The average molecular weight is 338 g/mol. The van der Waals surface area contributed by atoms with Gasteiger partial charge in [0.2, 0.25) is 5.91 Å². The molecular weight excluding hydrogens is 320 g/mol. The molecule has 0 radical (unpaired) electrons. The zero-order valence-corrected chi connectivity index (χ0v) is 13.6. The van der Waals surface area contributed by atoms with Gasteiger partial charge in [0, 0.05) is 17.5 Å². The molecule has 2 heterocycles. The van der Waals surface area contributed by atoms with Crippen molar-refractivity contribution in [3.63, 3.8) is 0 Å². The summed E-state index contributed by atoms with van der Waals surface area (Å²) in [6.45, 7) is 0.00438. The van der Waals surface area contributed by atoms with E-state index in [9.17, 15) is 9.59 Å². The number of rotatable bonds is 4. The van der Waals surface area contributed by atoms with Crippen LogP contribution in [-0.4, -0.2) is 31.4 Å². The maximum Gasteiger partial charge on any atom is 0.252 e. The van der Waals surface area contributed by atoms with Crippen molar-refractivity contribution in [2.24, 2.45) is 5.92 Å². The van der Waals surface area contributed by atoms with E-state index in [1.54, 1.807) is 18.5 Å². The maximum absolute atomic E-state index is 12.6. The van der Waals surface area contributed by atoms with Crippen LogP contribution in [-0.2, 0) is 11.3 Å². The van der Waals surface area contributed by atoms with Gasteiger partial charge in [-0.2, -0.15) is 0 Å². The minimum atomic E-state index is -0.185. The van der Waals surface area contributed by atoms with Gasteiger partial charge in [-0.15, -0.1) is 5.10 Å². The number of para-hydroxylation sites is 1. The van der Waals surface area contributed by atoms with E-state index in [0.717, 1.165) is 24.6 Å². The number of benzene rings is 1. The van der Waals surface area contributed by atoms with Crippen LogP contribution in [0.15, 0.2) is 36.7 Å². The van der Waals surface area contributed by atoms with Crippen molar-refractivity contribution < 1.29 is 9.59 Å². The summed E-state index contributed by atoms with van der Waals surface area (Å²) in [5, 5.41) is 11.5. The predicted octanol–water partition coefficient (Wildman–Crippen LogP) is 1.89. The summed E-state index contributed by atoms with van der Waals surface area (Å²) in [4.78, 5) is 24.5.